The maximum Gasteiger partial charge on any atom is 0.293 e. The molecule has 1 aromatic rings. The molecule has 0 saturated carbocycles. The van der Waals surface area contributed by atoms with Crippen molar-refractivity contribution in [3.05, 3.63) is 34.3 Å². The van der Waals surface area contributed by atoms with Crippen LogP contribution in [0, 0.1) is 11.8 Å². The number of carbonyl (C=O) groups excluding carboxylic acids is 2. The van der Waals surface area contributed by atoms with Crippen LogP contribution >= 0.6 is 11.6 Å². The first kappa shape index (κ1) is 10.3. The van der Waals surface area contributed by atoms with Crippen molar-refractivity contribution in [1.29, 1.82) is 0 Å². The average molecular weight is 208 g/mol. The molecule has 0 aliphatic carbocycles. The molecule has 0 unspecified atom stereocenters. The van der Waals surface area contributed by atoms with Crippen LogP contribution in [0.2, 0.25) is 5.02 Å². The van der Waals surface area contributed by atoms with Gasteiger partial charge in [-0.25, -0.2) is 0 Å². The SMILES string of the molecule is NC(=O)C#Cc1cc(C=O)ccc1Cl. The van der Waals surface area contributed by atoms with Gasteiger partial charge in [0.1, 0.15) is 6.29 Å². The van der Waals surface area contributed by atoms with Crippen molar-refractivity contribution < 1.29 is 9.59 Å². The minimum Gasteiger partial charge on any atom is -0.359 e. The van der Waals surface area contributed by atoms with E-state index in [-0.39, 0.29) is 0 Å². The van der Waals surface area contributed by atoms with Gasteiger partial charge in [0.25, 0.3) is 5.91 Å². The third-order valence-electron chi connectivity index (χ3n) is 1.45. The highest BCUT2D eigenvalue weighted by Crippen LogP contribution is 2.15. The molecule has 0 spiro atoms. The number of amides is 1. The summed E-state index contributed by atoms with van der Waals surface area (Å²) < 4.78 is 0. The molecule has 2 N–H and O–H groups in total. The van der Waals surface area contributed by atoms with E-state index in [2.05, 4.69) is 11.8 Å². The first-order chi connectivity index (χ1) is 6.63. The summed E-state index contributed by atoms with van der Waals surface area (Å²) in [7, 11) is 0. The normalized spacial score (nSPS) is 8.64. The van der Waals surface area contributed by atoms with E-state index in [1.807, 2.05) is 0 Å². The maximum absolute atomic E-state index is 10.4. The van der Waals surface area contributed by atoms with Crippen molar-refractivity contribution in [3.63, 3.8) is 0 Å². The van der Waals surface area contributed by atoms with Gasteiger partial charge in [0, 0.05) is 17.0 Å². The molecule has 1 amide bonds. The summed E-state index contributed by atoms with van der Waals surface area (Å²) in [6.45, 7) is 0. The number of hydrogen-bond donors (Lipinski definition) is 1. The van der Waals surface area contributed by atoms with Crippen LogP contribution in [0.1, 0.15) is 15.9 Å². The molecular formula is C10H6ClNO2. The highest BCUT2D eigenvalue weighted by Gasteiger charge is 1.98. The molecule has 0 radical (unpaired) electrons. The number of halogens is 1. The third-order valence-corrected chi connectivity index (χ3v) is 1.78. The first-order valence-electron chi connectivity index (χ1n) is 3.69. The van der Waals surface area contributed by atoms with Crippen LogP contribution in [0.15, 0.2) is 18.2 Å². The number of benzene rings is 1. The lowest BCUT2D eigenvalue weighted by Gasteiger charge is -1.95. The fourth-order valence-electron chi connectivity index (χ4n) is 0.841. The Balaban J connectivity index is 3.14. The molecule has 3 nitrogen and oxygen atoms in total. The van der Waals surface area contributed by atoms with E-state index in [4.69, 9.17) is 17.3 Å². The quantitative estimate of drug-likeness (QED) is 0.552. The fourth-order valence-corrected chi connectivity index (χ4v) is 1.01. The van der Waals surface area contributed by atoms with Gasteiger partial charge in [-0.2, -0.15) is 0 Å². The van der Waals surface area contributed by atoms with Crippen molar-refractivity contribution in [2.24, 2.45) is 5.73 Å². The lowest BCUT2D eigenvalue weighted by atomic mass is 10.1. The summed E-state index contributed by atoms with van der Waals surface area (Å²) in [5.74, 6) is 3.88. The molecule has 0 heterocycles. The van der Waals surface area contributed by atoms with Gasteiger partial charge in [0.05, 0.1) is 5.02 Å². The van der Waals surface area contributed by atoms with Crippen LogP contribution in [0.4, 0.5) is 0 Å². The van der Waals surface area contributed by atoms with Gasteiger partial charge < -0.3 is 5.73 Å². The fraction of sp³-hybridized carbons (Fsp3) is 0. The molecular weight excluding hydrogens is 202 g/mol. The van der Waals surface area contributed by atoms with Gasteiger partial charge in [0.2, 0.25) is 0 Å². The van der Waals surface area contributed by atoms with Crippen LogP contribution in [0.25, 0.3) is 0 Å². The standard InChI is InChI=1S/C10H6ClNO2/c11-9-3-1-7(6-13)5-8(9)2-4-10(12)14/h1,3,5-6H,(H2,12,14). The molecule has 0 fully saturated rings. The Hall–Kier alpha value is -1.79. The lowest BCUT2D eigenvalue weighted by molar-refractivity contribution is -0.112. The van der Waals surface area contributed by atoms with Gasteiger partial charge in [-0.15, -0.1) is 0 Å². The van der Waals surface area contributed by atoms with Crippen molar-refractivity contribution in [2.75, 3.05) is 0 Å². The zero-order valence-electron chi connectivity index (χ0n) is 7.08. The first-order valence-corrected chi connectivity index (χ1v) is 4.07. The lowest BCUT2D eigenvalue weighted by Crippen LogP contribution is -2.06. The van der Waals surface area contributed by atoms with Crippen molar-refractivity contribution in [3.8, 4) is 11.8 Å². The molecule has 4 heteroatoms. The Labute approximate surface area is 85.9 Å². The number of nitrogens with two attached hydrogens (primary N) is 1. The van der Waals surface area contributed by atoms with Gasteiger partial charge in [-0.05, 0) is 12.1 Å². The van der Waals surface area contributed by atoms with E-state index in [0.717, 1.165) is 0 Å². The smallest absolute Gasteiger partial charge is 0.293 e. The molecule has 0 bridgehead atoms. The second-order valence-electron chi connectivity index (χ2n) is 2.47. The van der Waals surface area contributed by atoms with E-state index < -0.39 is 5.91 Å². The molecule has 0 saturated heterocycles. The molecule has 0 aromatic heterocycles. The number of aldehydes is 1. The van der Waals surface area contributed by atoms with Gasteiger partial charge in [0.15, 0.2) is 0 Å². The Morgan fingerprint density at radius 1 is 1.50 bits per heavy atom. The van der Waals surface area contributed by atoms with Crippen LogP contribution in [-0.2, 0) is 4.79 Å². The minimum absolute atomic E-state index is 0.379. The Bertz CT molecular complexity index is 443. The zero-order valence-corrected chi connectivity index (χ0v) is 7.84. The monoisotopic (exact) mass is 207 g/mol. The van der Waals surface area contributed by atoms with Gasteiger partial charge >= 0.3 is 0 Å². The molecule has 1 rings (SSSR count). The van der Waals surface area contributed by atoms with Crippen molar-refractivity contribution in [1.82, 2.24) is 0 Å². The van der Waals surface area contributed by atoms with Crippen LogP contribution in [0.5, 0.6) is 0 Å². The predicted octanol–water partition coefficient (Wildman–Crippen LogP) is 0.989. The molecule has 1 aromatic carbocycles. The molecule has 70 valence electrons. The maximum atomic E-state index is 10.4. The second kappa shape index (κ2) is 4.45. The van der Waals surface area contributed by atoms with E-state index in [1.54, 1.807) is 6.07 Å². The number of primary amides is 1. The number of hydrogen-bond acceptors (Lipinski definition) is 2. The summed E-state index contributed by atoms with van der Waals surface area (Å²) in [5, 5.41) is 0.379. The third kappa shape index (κ3) is 2.61. The predicted molar refractivity (Wildman–Crippen MR) is 52.9 cm³/mol. The molecule has 0 aliphatic rings. The number of rotatable bonds is 1. The summed E-state index contributed by atoms with van der Waals surface area (Å²) in [5.41, 5.74) is 5.70. The average Bonchev–Trinajstić information content (AvgIpc) is 2.16. The van der Waals surface area contributed by atoms with E-state index >= 15 is 0 Å². The number of carbonyl (C=O) groups is 2. The molecule has 0 atom stereocenters. The van der Waals surface area contributed by atoms with Crippen molar-refractivity contribution in [2.45, 2.75) is 0 Å². The molecule has 0 aliphatic heterocycles. The van der Waals surface area contributed by atoms with Crippen LogP contribution in [-0.4, -0.2) is 12.2 Å². The second-order valence-corrected chi connectivity index (χ2v) is 2.88. The van der Waals surface area contributed by atoms with E-state index in [9.17, 15) is 9.59 Å². The van der Waals surface area contributed by atoms with Gasteiger partial charge in [-0.3, -0.25) is 9.59 Å². The zero-order chi connectivity index (χ0) is 10.6. The summed E-state index contributed by atoms with van der Waals surface area (Å²) >= 11 is 5.77. The van der Waals surface area contributed by atoms with E-state index in [0.29, 0.717) is 22.4 Å². The van der Waals surface area contributed by atoms with Crippen molar-refractivity contribution >= 4 is 23.8 Å². The Morgan fingerprint density at radius 3 is 2.79 bits per heavy atom. The summed E-state index contributed by atoms with van der Waals surface area (Å²) in [6.07, 6.45) is 0.672. The molecule has 14 heavy (non-hydrogen) atoms. The Morgan fingerprint density at radius 2 is 2.21 bits per heavy atom. The summed E-state index contributed by atoms with van der Waals surface area (Å²) in [6, 6.07) is 4.59. The Kier molecular flexibility index (Phi) is 3.27. The van der Waals surface area contributed by atoms with E-state index in [1.165, 1.54) is 12.1 Å². The highest BCUT2D eigenvalue weighted by molar-refractivity contribution is 6.31. The van der Waals surface area contributed by atoms with Gasteiger partial charge in [-0.1, -0.05) is 23.6 Å². The van der Waals surface area contributed by atoms with Crippen LogP contribution < -0.4 is 5.73 Å². The highest BCUT2D eigenvalue weighted by atomic mass is 35.5. The minimum atomic E-state index is -0.738. The van der Waals surface area contributed by atoms with Crippen LogP contribution in [0.3, 0.4) is 0 Å². The summed E-state index contributed by atoms with van der Waals surface area (Å²) in [4.78, 5) is 20.8. The topological polar surface area (TPSA) is 60.2 Å². The largest absolute Gasteiger partial charge is 0.359 e.